The molecule has 0 saturated heterocycles. The van der Waals surface area contributed by atoms with Crippen molar-refractivity contribution in [3.63, 3.8) is 0 Å². The van der Waals surface area contributed by atoms with Crippen LogP contribution in [-0.2, 0) is 11.2 Å². The van der Waals surface area contributed by atoms with Crippen LogP contribution in [0.2, 0.25) is 0 Å². The number of carbonyl (C=O) groups is 1. The highest BCUT2D eigenvalue weighted by molar-refractivity contribution is 5.68. The lowest BCUT2D eigenvalue weighted by molar-refractivity contribution is -0.136. The largest absolute Gasteiger partial charge is 0.481 e. The van der Waals surface area contributed by atoms with Gasteiger partial charge in [-0.3, -0.25) is 4.79 Å². The normalized spacial score (nSPS) is 15.7. The molecule has 6 nitrogen and oxygen atoms in total. The summed E-state index contributed by atoms with van der Waals surface area (Å²) in [4.78, 5) is 14.1. The van der Waals surface area contributed by atoms with Crippen LogP contribution in [0.3, 0.4) is 0 Å². The Labute approximate surface area is 73.9 Å². The van der Waals surface area contributed by atoms with Gasteiger partial charge in [0.15, 0.2) is 0 Å². The number of nitrogens with one attached hydrogen (secondary N) is 1. The molecule has 0 amide bonds. The topological polar surface area (TPSA) is 88.2 Å². The van der Waals surface area contributed by atoms with Crippen molar-refractivity contribution >= 4 is 11.9 Å². The number of carboxylic acid groups (broad SMARTS) is 1. The highest BCUT2D eigenvalue weighted by atomic mass is 16.5. The minimum atomic E-state index is -0.971. The number of carboxylic acids is 1. The summed E-state index contributed by atoms with van der Waals surface area (Å²) in [7, 11) is 0. The van der Waals surface area contributed by atoms with E-state index in [4.69, 9.17) is 9.63 Å². The fraction of sp³-hybridized carbons (Fsp3) is 0.571. The maximum absolute atomic E-state index is 10.3. The molecule has 0 aliphatic heterocycles. The summed E-state index contributed by atoms with van der Waals surface area (Å²) in [5.41, 5.74) is 0. The zero-order valence-electron chi connectivity index (χ0n) is 6.86. The van der Waals surface area contributed by atoms with Crippen LogP contribution in [0.5, 0.6) is 0 Å². The molecule has 0 spiro atoms. The molecule has 1 aromatic rings. The van der Waals surface area contributed by atoms with E-state index >= 15 is 0 Å². The number of hydrogen-bond acceptors (Lipinski definition) is 5. The van der Waals surface area contributed by atoms with Crippen LogP contribution >= 0.6 is 0 Å². The minimum absolute atomic E-state index is 0.135. The standard InChI is InChI=1S/C7H9N3O3/c11-6(12)3-5-9-7(10-13-5)8-4-1-2-4/h4H,1-3H2,(H,8,10)(H,11,12). The summed E-state index contributed by atoms with van der Waals surface area (Å²) in [6.45, 7) is 0. The third-order valence-corrected chi connectivity index (χ3v) is 1.68. The minimum Gasteiger partial charge on any atom is -0.481 e. The third-order valence-electron chi connectivity index (χ3n) is 1.68. The van der Waals surface area contributed by atoms with Gasteiger partial charge in [0.05, 0.1) is 0 Å². The van der Waals surface area contributed by atoms with Gasteiger partial charge >= 0.3 is 5.97 Å². The van der Waals surface area contributed by atoms with Gasteiger partial charge in [0.1, 0.15) is 6.42 Å². The van der Waals surface area contributed by atoms with Crippen molar-refractivity contribution in [2.45, 2.75) is 25.3 Å². The van der Waals surface area contributed by atoms with Crippen molar-refractivity contribution in [3.8, 4) is 0 Å². The third kappa shape index (κ3) is 2.17. The summed E-state index contributed by atoms with van der Waals surface area (Å²) in [6, 6.07) is 0.440. The molecule has 1 aliphatic carbocycles. The number of nitrogens with zero attached hydrogens (tertiary/aromatic N) is 2. The van der Waals surface area contributed by atoms with E-state index < -0.39 is 5.97 Å². The van der Waals surface area contributed by atoms with E-state index in [-0.39, 0.29) is 12.3 Å². The summed E-state index contributed by atoms with van der Waals surface area (Å²) in [5, 5.41) is 15.0. The predicted octanol–water partition coefficient (Wildman–Crippen LogP) is 0.271. The van der Waals surface area contributed by atoms with Crippen molar-refractivity contribution in [2.24, 2.45) is 0 Å². The average Bonchev–Trinajstić information content (AvgIpc) is 2.73. The zero-order valence-corrected chi connectivity index (χ0v) is 6.86. The van der Waals surface area contributed by atoms with Crippen LogP contribution in [-0.4, -0.2) is 27.3 Å². The van der Waals surface area contributed by atoms with Crippen LogP contribution in [0.25, 0.3) is 0 Å². The van der Waals surface area contributed by atoms with Gasteiger partial charge in [-0.2, -0.15) is 4.98 Å². The second kappa shape index (κ2) is 3.04. The van der Waals surface area contributed by atoms with Crippen molar-refractivity contribution in [1.82, 2.24) is 10.1 Å². The second-order valence-corrected chi connectivity index (χ2v) is 3.00. The van der Waals surface area contributed by atoms with Gasteiger partial charge in [-0.05, 0) is 18.0 Å². The summed E-state index contributed by atoms with van der Waals surface area (Å²) in [6.07, 6.45) is 2.00. The fourth-order valence-electron chi connectivity index (χ4n) is 0.925. The Morgan fingerprint density at radius 2 is 2.46 bits per heavy atom. The molecule has 2 N–H and O–H groups in total. The van der Waals surface area contributed by atoms with E-state index in [1.165, 1.54) is 0 Å². The smallest absolute Gasteiger partial charge is 0.312 e. The van der Waals surface area contributed by atoms with Crippen LogP contribution in [0, 0.1) is 0 Å². The lowest BCUT2D eigenvalue weighted by atomic mass is 10.4. The Morgan fingerprint density at radius 3 is 3.08 bits per heavy atom. The first kappa shape index (κ1) is 8.03. The quantitative estimate of drug-likeness (QED) is 0.696. The van der Waals surface area contributed by atoms with Gasteiger partial charge in [-0.1, -0.05) is 0 Å². The van der Waals surface area contributed by atoms with Gasteiger partial charge in [0.25, 0.3) is 5.95 Å². The van der Waals surface area contributed by atoms with Crippen molar-refractivity contribution in [1.29, 1.82) is 0 Å². The molecule has 6 heteroatoms. The molecule has 0 aromatic carbocycles. The van der Waals surface area contributed by atoms with Crippen LogP contribution in [0.15, 0.2) is 4.52 Å². The molecule has 0 atom stereocenters. The Bertz CT molecular complexity index is 319. The van der Waals surface area contributed by atoms with E-state index in [2.05, 4.69) is 15.5 Å². The molecule has 0 bridgehead atoms. The molecular formula is C7H9N3O3. The van der Waals surface area contributed by atoms with E-state index in [1.54, 1.807) is 0 Å². The first-order valence-corrected chi connectivity index (χ1v) is 4.05. The molecule has 1 heterocycles. The molecule has 1 fully saturated rings. The highest BCUT2D eigenvalue weighted by Crippen LogP contribution is 2.22. The predicted molar refractivity (Wildman–Crippen MR) is 42.3 cm³/mol. The van der Waals surface area contributed by atoms with Gasteiger partial charge in [-0.25, -0.2) is 0 Å². The molecule has 0 unspecified atom stereocenters. The van der Waals surface area contributed by atoms with E-state index in [0.29, 0.717) is 12.0 Å². The zero-order chi connectivity index (χ0) is 9.26. The SMILES string of the molecule is O=C(O)Cc1nc(NC2CC2)no1. The number of hydrogen-bond donors (Lipinski definition) is 2. The van der Waals surface area contributed by atoms with Crippen LogP contribution < -0.4 is 5.32 Å². The first-order valence-electron chi connectivity index (χ1n) is 4.05. The van der Waals surface area contributed by atoms with Crippen molar-refractivity contribution in [2.75, 3.05) is 5.32 Å². The average molecular weight is 183 g/mol. The molecule has 1 aromatic heterocycles. The molecule has 13 heavy (non-hydrogen) atoms. The van der Waals surface area contributed by atoms with Gasteiger partial charge in [0.2, 0.25) is 5.89 Å². The summed E-state index contributed by atoms with van der Waals surface area (Å²) < 4.78 is 4.70. The maximum atomic E-state index is 10.3. The van der Waals surface area contributed by atoms with Crippen LogP contribution in [0.1, 0.15) is 18.7 Å². The number of aliphatic carboxylic acids is 1. The van der Waals surface area contributed by atoms with Gasteiger partial charge < -0.3 is 14.9 Å². The van der Waals surface area contributed by atoms with Crippen LogP contribution in [0.4, 0.5) is 5.95 Å². The second-order valence-electron chi connectivity index (χ2n) is 3.00. The number of anilines is 1. The number of rotatable bonds is 4. The molecular weight excluding hydrogens is 174 g/mol. The molecule has 1 saturated carbocycles. The molecule has 1 aliphatic rings. The van der Waals surface area contributed by atoms with E-state index in [1.807, 2.05) is 0 Å². The summed E-state index contributed by atoms with van der Waals surface area (Å²) in [5.74, 6) is -0.448. The van der Waals surface area contributed by atoms with E-state index in [9.17, 15) is 4.79 Å². The Kier molecular flexibility index (Phi) is 1.88. The Balaban J connectivity index is 1.95. The Hall–Kier alpha value is -1.59. The first-order chi connectivity index (χ1) is 6.24. The van der Waals surface area contributed by atoms with Crippen molar-refractivity contribution in [3.05, 3.63) is 5.89 Å². The lowest BCUT2D eigenvalue weighted by Gasteiger charge is -1.92. The fourth-order valence-corrected chi connectivity index (χ4v) is 0.925. The highest BCUT2D eigenvalue weighted by Gasteiger charge is 2.23. The maximum Gasteiger partial charge on any atom is 0.312 e. The van der Waals surface area contributed by atoms with Crippen molar-refractivity contribution < 1.29 is 14.4 Å². The Morgan fingerprint density at radius 1 is 1.69 bits per heavy atom. The molecule has 2 rings (SSSR count). The van der Waals surface area contributed by atoms with Gasteiger partial charge in [0, 0.05) is 6.04 Å². The van der Waals surface area contributed by atoms with Gasteiger partial charge in [-0.15, -0.1) is 0 Å². The molecule has 0 radical (unpaired) electrons. The number of aromatic nitrogens is 2. The monoisotopic (exact) mass is 183 g/mol. The lowest BCUT2D eigenvalue weighted by Crippen LogP contribution is -2.03. The van der Waals surface area contributed by atoms with E-state index in [0.717, 1.165) is 12.8 Å². The molecule has 70 valence electrons. The summed E-state index contributed by atoms with van der Waals surface area (Å²) >= 11 is 0.